The van der Waals surface area contributed by atoms with Gasteiger partial charge < -0.3 is 5.41 Å². The summed E-state index contributed by atoms with van der Waals surface area (Å²) >= 11 is 0. The van der Waals surface area contributed by atoms with Gasteiger partial charge in [0.1, 0.15) is 0 Å². The first-order chi connectivity index (χ1) is 8.75. The van der Waals surface area contributed by atoms with Crippen LogP contribution in [0.1, 0.15) is 34.7 Å². The molecule has 90 valence electrons. The highest BCUT2D eigenvalue weighted by molar-refractivity contribution is 6.01. The maximum Gasteiger partial charge on any atom is 0.0502 e. The van der Waals surface area contributed by atoms with Gasteiger partial charge in [-0.2, -0.15) is 0 Å². The molecule has 2 heterocycles. The Kier molecular flexibility index (Phi) is 2.67. The van der Waals surface area contributed by atoms with Crippen LogP contribution in [0.4, 0.5) is 0 Å². The van der Waals surface area contributed by atoms with E-state index in [0.717, 1.165) is 29.7 Å². The quantitative estimate of drug-likeness (QED) is 0.829. The van der Waals surface area contributed by atoms with Gasteiger partial charge in [-0.25, -0.2) is 0 Å². The number of hydrogen-bond donors (Lipinski definition) is 1. The predicted molar refractivity (Wildman–Crippen MR) is 71.1 cm³/mol. The molecule has 0 fully saturated rings. The minimum Gasteiger partial charge on any atom is -0.305 e. The van der Waals surface area contributed by atoms with Gasteiger partial charge in [0.05, 0.1) is 5.69 Å². The third-order valence-corrected chi connectivity index (χ3v) is 3.61. The lowest BCUT2D eigenvalue weighted by Gasteiger charge is -2.25. The van der Waals surface area contributed by atoms with Crippen LogP contribution in [0.25, 0.3) is 0 Å². The van der Waals surface area contributed by atoms with Crippen molar-refractivity contribution < 1.29 is 0 Å². The summed E-state index contributed by atoms with van der Waals surface area (Å²) in [4.78, 5) is 8.50. The number of aryl methyl sites for hydroxylation is 1. The lowest BCUT2D eigenvalue weighted by molar-refractivity contribution is 0.676. The maximum absolute atomic E-state index is 8.24. The van der Waals surface area contributed by atoms with Crippen LogP contribution in [0.2, 0.25) is 0 Å². The van der Waals surface area contributed by atoms with Crippen molar-refractivity contribution in [1.29, 1.82) is 5.41 Å². The van der Waals surface area contributed by atoms with Crippen molar-refractivity contribution in [2.75, 3.05) is 0 Å². The van der Waals surface area contributed by atoms with Gasteiger partial charge in [0.25, 0.3) is 0 Å². The average molecular weight is 237 g/mol. The van der Waals surface area contributed by atoms with Crippen molar-refractivity contribution in [2.45, 2.75) is 25.7 Å². The summed E-state index contributed by atoms with van der Waals surface area (Å²) in [6.07, 6.45) is 7.19. The molecule has 3 rings (SSSR count). The van der Waals surface area contributed by atoms with Crippen molar-refractivity contribution in [3.8, 4) is 0 Å². The van der Waals surface area contributed by atoms with Crippen LogP contribution in [0.3, 0.4) is 0 Å². The van der Waals surface area contributed by atoms with E-state index in [4.69, 9.17) is 5.41 Å². The molecule has 0 radical (unpaired) electrons. The van der Waals surface area contributed by atoms with Crippen molar-refractivity contribution in [3.05, 3.63) is 59.2 Å². The summed E-state index contributed by atoms with van der Waals surface area (Å²) in [5, 5.41) is 8.24. The van der Waals surface area contributed by atoms with E-state index in [1.807, 2.05) is 36.8 Å². The first kappa shape index (κ1) is 11.1. The molecule has 0 aliphatic heterocycles. The van der Waals surface area contributed by atoms with Crippen LogP contribution < -0.4 is 0 Å². The van der Waals surface area contributed by atoms with E-state index in [1.54, 1.807) is 0 Å². The van der Waals surface area contributed by atoms with Crippen LogP contribution in [-0.4, -0.2) is 15.7 Å². The van der Waals surface area contributed by atoms with Crippen molar-refractivity contribution in [2.24, 2.45) is 0 Å². The second-order valence-corrected chi connectivity index (χ2v) is 4.81. The number of rotatable bonds is 1. The van der Waals surface area contributed by atoms with Crippen LogP contribution in [0.5, 0.6) is 0 Å². The highest BCUT2D eigenvalue weighted by Gasteiger charge is 2.25. The monoisotopic (exact) mass is 237 g/mol. The number of pyridine rings is 2. The summed E-state index contributed by atoms with van der Waals surface area (Å²) in [6.45, 7) is 2.06. The first-order valence-electron chi connectivity index (χ1n) is 6.18. The van der Waals surface area contributed by atoms with Crippen LogP contribution in [0.15, 0.2) is 36.8 Å². The molecule has 3 nitrogen and oxygen atoms in total. The summed E-state index contributed by atoms with van der Waals surface area (Å²) in [7, 11) is 0. The Labute approximate surface area is 106 Å². The molecule has 2 aromatic heterocycles. The van der Waals surface area contributed by atoms with E-state index in [-0.39, 0.29) is 0 Å². The summed E-state index contributed by atoms with van der Waals surface area (Å²) in [5.41, 5.74) is 5.25. The number of aromatic nitrogens is 2. The van der Waals surface area contributed by atoms with E-state index >= 15 is 0 Å². The largest absolute Gasteiger partial charge is 0.305 e. The van der Waals surface area contributed by atoms with Crippen molar-refractivity contribution in [3.63, 3.8) is 0 Å². The van der Waals surface area contributed by atoms with Gasteiger partial charge in [0, 0.05) is 29.9 Å². The first-order valence-corrected chi connectivity index (χ1v) is 6.18. The molecular weight excluding hydrogens is 222 g/mol. The van der Waals surface area contributed by atoms with Crippen molar-refractivity contribution >= 4 is 5.71 Å². The molecule has 1 aliphatic carbocycles. The number of fused-ring (bicyclic) bond motifs is 1. The molecule has 0 aromatic carbocycles. The fraction of sp³-hybridized carbons (Fsp3) is 0.267. The minimum absolute atomic E-state index is 0.363. The summed E-state index contributed by atoms with van der Waals surface area (Å²) < 4.78 is 0. The Morgan fingerprint density at radius 3 is 2.67 bits per heavy atom. The molecule has 1 N–H and O–H groups in total. The van der Waals surface area contributed by atoms with Gasteiger partial charge >= 0.3 is 0 Å². The zero-order valence-electron chi connectivity index (χ0n) is 10.4. The Balaban J connectivity index is 2.00. The molecule has 1 aliphatic rings. The third kappa shape index (κ3) is 1.82. The second kappa shape index (κ2) is 4.33. The molecule has 18 heavy (non-hydrogen) atoms. The highest BCUT2D eigenvalue weighted by atomic mass is 14.7. The van der Waals surface area contributed by atoms with Gasteiger partial charge in [-0.3, -0.25) is 9.97 Å². The zero-order valence-corrected chi connectivity index (χ0v) is 10.4. The standard InChI is InChI=1S/C15H15N3/c1-10-2-7-18-14-9-12(8-13(16)15(10)14)11-3-5-17-6-4-11/h2-7,12,16H,8-9H2,1H3. The Morgan fingerprint density at radius 1 is 1.11 bits per heavy atom. The molecule has 2 aromatic rings. The Hall–Kier alpha value is -2.03. The van der Waals surface area contributed by atoms with E-state index < -0.39 is 0 Å². The summed E-state index contributed by atoms with van der Waals surface area (Å²) in [6, 6.07) is 6.07. The lowest BCUT2D eigenvalue weighted by Crippen LogP contribution is -2.21. The number of nitrogens with zero attached hydrogens (tertiary/aromatic N) is 2. The highest BCUT2D eigenvalue weighted by Crippen LogP contribution is 2.32. The number of nitrogens with one attached hydrogen (secondary N) is 1. The molecule has 1 unspecified atom stereocenters. The van der Waals surface area contributed by atoms with Gasteiger partial charge in [-0.1, -0.05) is 0 Å². The van der Waals surface area contributed by atoms with Crippen LogP contribution in [0, 0.1) is 12.3 Å². The molecule has 1 atom stereocenters. The van der Waals surface area contributed by atoms with E-state index in [1.165, 1.54) is 5.56 Å². The third-order valence-electron chi connectivity index (χ3n) is 3.61. The van der Waals surface area contributed by atoms with Gasteiger partial charge in [0.15, 0.2) is 0 Å². The Morgan fingerprint density at radius 2 is 1.89 bits per heavy atom. The molecule has 0 amide bonds. The molecule has 3 heteroatoms. The van der Waals surface area contributed by atoms with Crippen molar-refractivity contribution in [1.82, 2.24) is 9.97 Å². The lowest BCUT2D eigenvalue weighted by atomic mass is 9.80. The SMILES string of the molecule is Cc1ccnc2c1C(=N)CC(c1ccncc1)C2. The Bertz CT molecular complexity index is 590. The predicted octanol–water partition coefficient (Wildman–Crippen LogP) is 2.88. The van der Waals surface area contributed by atoms with Crippen LogP contribution >= 0.6 is 0 Å². The molecule has 0 bridgehead atoms. The smallest absolute Gasteiger partial charge is 0.0502 e. The molecule has 0 saturated heterocycles. The van der Waals surface area contributed by atoms with E-state index in [9.17, 15) is 0 Å². The fourth-order valence-electron chi connectivity index (χ4n) is 2.71. The normalized spacial score (nSPS) is 18.5. The molecular formula is C15H15N3. The van der Waals surface area contributed by atoms with Gasteiger partial charge in [-0.05, 0) is 55.0 Å². The topological polar surface area (TPSA) is 49.6 Å². The van der Waals surface area contributed by atoms with Crippen LogP contribution in [-0.2, 0) is 6.42 Å². The second-order valence-electron chi connectivity index (χ2n) is 4.81. The van der Waals surface area contributed by atoms with E-state index in [0.29, 0.717) is 11.6 Å². The summed E-state index contributed by atoms with van der Waals surface area (Å²) in [5.74, 6) is 0.363. The molecule has 0 saturated carbocycles. The average Bonchev–Trinajstić information content (AvgIpc) is 2.39. The molecule has 0 spiro atoms. The van der Waals surface area contributed by atoms with E-state index in [2.05, 4.69) is 16.9 Å². The zero-order chi connectivity index (χ0) is 12.5. The number of hydrogen-bond acceptors (Lipinski definition) is 3. The fourth-order valence-corrected chi connectivity index (χ4v) is 2.71. The van der Waals surface area contributed by atoms with Gasteiger partial charge in [-0.15, -0.1) is 0 Å². The minimum atomic E-state index is 0.363. The maximum atomic E-state index is 8.24. The van der Waals surface area contributed by atoms with Gasteiger partial charge in [0.2, 0.25) is 0 Å².